The molecule has 7 heteroatoms. The number of sulfonamides is 1. The second-order valence-electron chi connectivity index (χ2n) is 7.75. The van der Waals surface area contributed by atoms with Gasteiger partial charge < -0.3 is 10.1 Å². The molecule has 1 aromatic rings. The Bertz CT molecular complexity index is 802. The first kappa shape index (κ1) is 17.9. The highest BCUT2D eigenvalue weighted by atomic mass is 32.2. The fraction of sp³-hybridized carbons (Fsp3) is 0.632. The number of rotatable bonds is 4. The van der Waals surface area contributed by atoms with Crippen LogP contribution in [0.3, 0.4) is 0 Å². The molecule has 0 aromatic heterocycles. The van der Waals surface area contributed by atoms with Gasteiger partial charge in [-0.2, -0.15) is 4.31 Å². The van der Waals surface area contributed by atoms with Crippen LogP contribution in [0.2, 0.25) is 0 Å². The summed E-state index contributed by atoms with van der Waals surface area (Å²) < 4.78 is 32.6. The Kier molecular flexibility index (Phi) is 4.79. The molecule has 2 bridgehead atoms. The number of hydrogen-bond donors (Lipinski definition) is 1. The third-order valence-electron chi connectivity index (χ3n) is 6.09. The first-order chi connectivity index (χ1) is 12.4. The number of nitrogens with zero attached hydrogens (tertiary/aromatic N) is 1. The van der Waals surface area contributed by atoms with Crippen LogP contribution in [-0.2, 0) is 14.8 Å². The van der Waals surface area contributed by atoms with Crippen molar-refractivity contribution in [1.29, 1.82) is 0 Å². The van der Waals surface area contributed by atoms with Gasteiger partial charge >= 0.3 is 0 Å². The molecule has 4 rings (SSSR count). The molecule has 1 saturated heterocycles. The minimum absolute atomic E-state index is 0.166. The summed E-state index contributed by atoms with van der Waals surface area (Å²) in [5.41, 5.74) is 1.08. The molecule has 1 amide bonds. The van der Waals surface area contributed by atoms with Crippen LogP contribution in [0.25, 0.3) is 0 Å². The van der Waals surface area contributed by atoms with Crippen LogP contribution >= 0.6 is 0 Å². The predicted molar refractivity (Wildman–Crippen MR) is 97.5 cm³/mol. The lowest BCUT2D eigenvalue weighted by atomic mass is 9.95. The lowest BCUT2D eigenvalue weighted by Gasteiger charge is -2.27. The average molecular weight is 378 g/mol. The Morgan fingerprint density at radius 1 is 1.19 bits per heavy atom. The smallest absolute Gasteiger partial charge is 0.251 e. The van der Waals surface area contributed by atoms with Crippen LogP contribution in [0, 0.1) is 18.8 Å². The van der Waals surface area contributed by atoms with E-state index in [1.54, 1.807) is 19.1 Å². The van der Waals surface area contributed by atoms with Crippen LogP contribution in [0.5, 0.6) is 0 Å². The predicted octanol–water partition coefficient (Wildman–Crippen LogP) is 1.93. The van der Waals surface area contributed by atoms with E-state index in [1.165, 1.54) is 29.6 Å². The number of amides is 1. The Morgan fingerprint density at radius 3 is 2.62 bits per heavy atom. The van der Waals surface area contributed by atoms with Gasteiger partial charge in [-0.15, -0.1) is 0 Å². The van der Waals surface area contributed by atoms with Gasteiger partial charge in [-0.3, -0.25) is 4.79 Å². The van der Waals surface area contributed by atoms with Crippen molar-refractivity contribution in [1.82, 2.24) is 9.62 Å². The monoisotopic (exact) mass is 378 g/mol. The first-order valence-electron chi connectivity index (χ1n) is 9.44. The Labute approximate surface area is 155 Å². The molecule has 3 atom stereocenters. The molecule has 1 aromatic carbocycles. The summed E-state index contributed by atoms with van der Waals surface area (Å²) >= 11 is 0. The highest BCUT2D eigenvalue weighted by Crippen LogP contribution is 2.44. The quantitative estimate of drug-likeness (QED) is 0.869. The number of carbonyl (C=O) groups excluding carboxylic acids is 1. The van der Waals surface area contributed by atoms with Gasteiger partial charge in [-0.1, -0.05) is 12.5 Å². The zero-order valence-corrected chi connectivity index (χ0v) is 15.9. The van der Waals surface area contributed by atoms with E-state index >= 15 is 0 Å². The van der Waals surface area contributed by atoms with E-state index in [4.69, 9.17) is 4.74 Å². The number of nitrogens with one attached hydrogen (secondary N) is 1. The number of hydrogen-bond acceptors (Lipinski definition) is 4. The van der Waals surface area contributed by atoms with Crippen molar-refractivity contribution in [2.24, 2.45) is 11.8 Å². The molecule has 26 heavy (non-hydrogen) atoms. The molecule has 3 fully saturated rings. The van der Waals surface area contributed by atoms with E-state index in [0.717, 1.165) is 12.3 Å². The lowest BCUT2D eigenvalue weighted by Crippen LogP contribution is -2.41. The van der Waals surface area contributed by atoms with Gasteiger partial charge in [0.15, 0.2) is 0 Å². The Morgan fingerprint density at radius 2 is 1.96 bits per heavy atom. The van der Waals surface area contributed by atoms with Crippen molar-refractivity contribution < 1.29 is 17.9 Å². The molecule has 2 unspecified atom stereocenters. The molecule has 0 spiro atoms. The molecule has 1 N–H and O–H groups in total. The van der Waals surface area contributed by atoms with Crippen LogP contribution in [-0.4, -0.2) is 51.0 Å². The fourth-order valence-corrected chi connectivity index (χ4v) is 6.28. The molecule has 142 valence electrons. The number of aryl methyl sites for hydroxylation is 1. The maximum Gasteiger partial charge on any atom is 0.251 e. The summed E-state index contributed by atoms with van der Waals surface area (Å²) in [4.78, 5) is 12.9. The maximum absolute atomic E-state index is 13.0. The summed E-state index contributed by atoms with van der Waals surface area (Å²) in [5, 5.41) is 3.14. The second kappa shape index (κ2) is 6.94. The minimum Gasteiger partial charge on any atom is -0.379 e. The lowest BCUT2D eigenvalue weighted by molar-refractivity contribution is 0.0730. The van der Waals surface area contributed by atoms with Crippen molar-refractivity contribution in [3.63, 3.8) is 0 Å². The van der Waals surface area contributed by atoms with Crippen LogP contribution in [0.4, 0.5) is 0 Å². The number of fused-ring (bicyclic) bond motifs is 2. The van der Waals surface area contributed by atoms with E-state index in [2.05, 4.69) is 5.32 Å². The van der Waals surface area contributed by atoms with Crippen molar-refractivity contribution in [3.8, 4) is 0 Å². The summed E-state index contributed by atoms with van der Waals surface area (Å²) in [5.74, 6) is 1.17. The molecule has 3 aliphatic rings. The Balaban J connectivity index is 1.54. The van der Waals surface area contributed by atoms with Crippen LogP contribution in [0.15, 0.2) is 23.1 Å². The molecule has 2 saturated carbocycles. The third kappa shape index (κ3) is 3.28. The highest BCUT2D eigenvalue weighted by molar-refractivity contribution is 7.89. The minimum atomic E-state index is -3.61. The SMILES string of the molecule is Cc1ccc(C(=O)N[C@@H]2CC3CCC2C3)cc1S(=O)(=O)N1CCOCC1. The third-order valence-corrected chi connectivity index (χ3v) is 8.13. The van der Waals surface area contributed by atoms with Crippen molar-refractivity contribution in [2.45, 2.75) is 43.5 Å². The fourth-order valence-electron chi connectivity index (χ4n) is 4.62. The van der Waals surface area contributed by atoms with E-state index in [1.807, 2.05) is 0 Å². The molecule has 0 radical (unpaired) electrons. The van der Waals surface area contributed by atoms with Gasteiger partial charge in [-0.25, -0.2) is 8.42 Å². The van der Waals surface area contributed by atoms with E-state index < -0.39 is 10.0 Å². The second-order valence-corrected chi connectivity index (χ2v) is 9.66. The topological polar surface area (TPSA) is 75.7 Å². The maximum atomic E-state index is 13.0. The summed E-state index contributed by atoms with van der Waals surface area (Å²) in [6, 6.07) is 5.21. The van der Waals surface area contributed by atoms with Gasteiger partial charge in [0, 0.05) is 24.7 Å². The Hall–Kier alpha value is -1.44. The molecule has 2 aliphatic carbocycles. The van der Waals surface area contributed by atoms with Crippen LogP contribution < -0.4 is 5.32 Å². The molecule has 1 aliphatic heterocycles. The average Bonchev–Trinajstić information content (AvgIpc) is 3.25. The van der Waals surface area contributed by atoms with Gasteiger partial charge in [0.25, 0.3) is 5.91 Å². The normalized spacial score (nSPS) is 29.0. The van der Waals surface area contributed by atoms with Crippen molar-refractivity contribution in [2.75, 3.05) is 26.3 Å². The van der Waals surface area contributed by atoms with E-state index in [-0.39, 0.29) is 16.8 Å². The number of carbonyl (C=O) groups is 1. The molecular formula is C19H26N2O4S. The van der Waals surface area contributed by atoms with Crippen LogP contribution in [0.1, 0.15) is 41.6 Å². The van der Waals surface area contributed by atoms with E-state index in [0.29, 0.717) is 43.3 Å². The number of morpholine rings is 1. The van der Waals surface area contributed by atoms with Gasteiger partial charge in [0.1, 0.15) is 0 Å². The standard InChI is InChI=1S/C19H26N2O4S/c1-13-2-4-16(19(22)20-17-11-14-3-5-15(17)10-14)12-18(13)26(23,24)21-6-8-25-9-7-21/h2,4,12,14-15,17H,3,5-11H2,1H3,(H,20,22)/t14?,15?,17-/m1/s1. The van der Waals surface area contributed by atoms with Crippen molar-refractivity contribution >= 4 is 15.9 Å². The van der Waals surface area contributed by atoms with Gasteiger partial charge in [0.05, 0.1) is 18.1 Å². The zero-order valence-electron chi connectivity index (χ0n) is 15.1. The summed E-state index contributed by atoms with van der Waals surface area (Å²) in [6.45, 7) is 3.28. The zero-order chi connectivity index (χ0) is 18.3. The van der Waals surface area contributed by atoms with E-state index in [9.17, 15) is 13.2 Å². The number of ether oxygens (including phenoxy) is 1. The van der Waals surface area contributed by atoms with Crippen molar-refractivity contribution in [3.05, 3.63) is 29.3 Å². The van der Waals surface area contributed by atoms with Gasteiger partial charge in [-0.05, 0) is 55.7 Å². The van der Waals surface area contributed by atoms with Gasteiger partial charge in [0.2, 0.25) is 10.0 Å². The largest absolute Gasteiger partial charge is 0.379 e. The number of benzene rings is 1. The molecular weight excluding hydrogens is 352 g/mol. The highest BCUT2D eigenvalue weighted by Gasteiger charge is 2.40. The first-order valence-corrected chi connectivity index (χ1v) is 10.9. The summed E-state index contributed by atoms with van der Waals surface area (Å²) in [6.07, 6.45) is 4.75. The molecule has 6 nitrogen and oxygen atoms in total. The molecule has 1 heterocycles. The summed E-state index contributed by atoms with van der Waals surface area (Å²) in [7, 11) is -3.61.